The molecule has 6 heteroatoms. The summed E-state index contributed by atoms with van der Waals surface area (Å²) in [5.74, 6) is -0.228. The summed E-state index contributed by atoms with van der Waals surface area (Å²) in [5.41, 5.74) is 7.32. The molecule has 2 heterocycles. The van der Waals surface area contributed by atoms with Gasteiger partial charge in [0.05, 0.1) is 18.1 Å². The number of anilines is 1. The average Bonchev–Trinajstić information content (AvgIpc) is 2.73. The van der Waals surface area contributed by atoms with Crippen LogP contribution in [0, 0.1) is 0 Å². The minimum atomic E-state index is -0.228. The molecule has 0 spiro atoms. The molecule has 0 radical (unpaired) electrons. The van der Waals surface area contributed by atoms with E-state index in [4.69, 9.17) is 5.73 Å². The van der Waals surface area contributed by atoms with Gasteiger partial charge in [0, 0.05) is 25.4 Å². The third-order valence-corrected chi connectivity index (χ3v) is 2.23. The number of nitrogen functional groups attached to an aromatic ring is 1. The van der Waals surface area contributed by atoms with Gasteiger partial charge in [-0.05, 0) is 12.1 Å². The zero-order chi connectivity index (χ0) is 12.3. The van der Waals surface area contributed by atoms with Gasteiger partial charge in [-0.1, -0.05) is 0 Å². The summed E-state index contributed by atoms with van der Waals surface area (Å²) in [6.45, 7) is 0.429. The predicted molar refractivity (Wildman–Crippen MR) is 63.0 cm³/mol. The molecule has 0 bridgehead atoms. The van der Waals surface area contributed by atoms with Gasteiger partial charge in [0.2, 0.25) is 0 Å². The highest BCUT2D eigenvalue weighted by atomic mass is 16.1. The molecule has 88 valence electrons. The second-order valence-electron chi connectivity index (χ2n) is 3.68. The largest absolute Gasteiger partial charge is 0.397 e. The van der Waals surface area contributed by atoms with Gasteiger partial charge in [0.15, 0.2) is 0 Å². The zero-order valence-corrected chi connectivity index (χ0v) is 9.42. The number of nitrogens with one attached hydrogen (secondary N) is 1. The first-order valence-electron chi connectivity index (χ1n) is 5.12. The van der Waals surface area contributed by atoms with Gasteiger partial charge in [-0.15, -0.1) is 0 Å². The fraction of sp³-hybridized carbons (Fsp3) is 0.182. The van der Waals surface area contributed by atoms with Crippen molar-refractivity contribution >= 4 is 11.6 Å². The van der Waals surface area contributed by atoms with Crippen molar-refractivity contribution in [2.24, 2.45) is 7.05 Å². The number of hydrogen-bond acceptors (Lipinski definition) is 4. The third kappa shape index (κ3) is 2.81. The molecule has 2 aromatic heterocycles. The number of aromatic nitrogens is 3. The Kier molecular flexibility index (Phi) is 3.04. The molecule has 0 atom stereocenters. The Hall–Kier alpha value is -2.37. The van der Waals surface area contributed by atoms with Crippen LogP contribution in [0.5, 0.6) is 0 Å². The summed E-state index contributed by atoms with van der Waals surface area (Å²) >= 11 is 0. The van der Waals surface area contributed by atoms with Crippen LogP contribution < -0.4 is 11.1 Å². The van der Waals surface area contributed by atoms with Gasteiger partial charge in [-0.25, -0.2) is 4.98 Å². The van der Waals surface area contributed by atoms with Crippen LogP contribution in [0.2, 0.25) is 0 Å². The van der Waals surface area contributed by atoms with Gasteiger partial charge in [-0.2, -0.15) is 5.10 Å². The first-order chi connectivity index (χ1) is 8.15. The molecule has 0 aliphatic rings. The Morgan fingerprint density at radius 1 is 1.47 bits per heavy atom. The fourth-order valence-corrected chi connectivity index (χ4v) is 1.38. The van der Waals surface area contributed by atoms with E-state index in [9.17, 15) is 4.79 Å². The smallest absolute Gasteiger partial charge is 0.270 e. The summed E-state index contributed by atoms with van der Waals surface area (Å²) in [4.78, 5) is 15.6. The van der Waals surface area contributed by atoms with Crippen LogP contribution in [0.25, 0.3) is 0 Å². The topological polar surface area (TPSA) is 85.8 Å². The molecule has 0 saturated carbocycles. The Morgan fingerprint density at radius 3 is 2.88 bits per heavy atom. The number of nitrogens with zero attached hydrogens (tertiary/aromatic N) is 3. The summed E-state index contributed by atoms with van der Waals surface area (Å²) in [6, 6.07) is 3.24. The second-order valence-corrected chi connectivity index (χ2v) is 3.68. The quantitative estimate of drug-likeness (QED) is 0.797. The summed E-state index contributed by atoms with van der Waals surface area (Å²) < 4.78 is 1.68. The number of pyridine rings is 1. The molecule has 0 unspecified atom stereocenters. The van der Waals surface area contributed by atoms with E-state index in [1.54, 1.807) is 23.0 Å². The van der Waals surface area contributed by atoms with Crippen molar-refractivity contribution < 1.29 is 4.79 Å². The van der Waals surface area contributed by atoms with Crippen LogP contribution in [0.3, 0.4) is 0 Å². The molecule has 3 N–H and O–H groups in total. The van der Waals surface area contributed by atoms with E-state index in [1.165, 1.54) is 6.20 Å². The monoisotopic (exact) mass is 231 g/mol. The Labute approximate surface area is 98.5 Å². The lowest BCUT2D eigenvalue weighted by atomic mass is 10.3. The van der Waals surface area contributed by atoms with E-state index >= 15 is 0 Å². The number of nitrogens with two attached hydrogens (primary N) is 1. The molecule has 2 aromatic rings. The highest BCUT2D eigenvalue weighted by molar-refractivity contribution is 5.92. The first-order valence-corrected chi connectivity index (χ1v) is 5.12. The number of rotatable bonds is 3. The number of hydrogen-bond donors (Lipinski definition) is 2. The number of aryl methyl sites for hydroxylation is 1. The highest BCUT2D eigenvalue weighted by Crippen LogP contribution is 2.02. The van der Waals surface area contributed by atoms with E-state index in [-0.39, 0.29) is 5.91 Å². The minimum absolute atomic E-state index is 0.228. The molecule has 1 amide bonds. The second kappa shape index (κ2) is 4.65. The fourth-order valence-electron chi connectivity index (χ4n) is 1.38. The van der Waals surface area contributed by atoms with E-state index in [0.717, 1.165) is 5.56 Å². The van der Waals surface area contributed by atoms with Gasteiger partial charge >= 0.3 is 0 Å². The molecule has 2 rings (SSSR count). The van der Waals surface area contributed by atoms with Crippen molar-refractivity contribution in [1.82, 2.24) is 20.1 Å². The molecule has 6 nitrogen and oxygen atoms in total. The van der Waals surface area contributed by atoms with Crippen LogP contribution in [-0.4, -0.2) is 20.7 Å². The van der Waals surface area contributed by atoms with Crippen molar-refractivity contribution in [2.75, 3.05) is 5.73 Å². The van der Waals surface area contributed by atoms with Gasteiger partial charge < -0.3 is 11.1 Å². The molecule has 0 aliphatic carbocycles. The normalized spacial score (nSPS) is 10.2. The molecular weight excluding hydrogens is 218 g/mol. The standard InChI is InChI=1S/C11H13N5O/c1-16-7-8(5-15-16)4-14-11(17)10-3-2-9(12)6-13-10/h2-3,5-7H,4,12H2,1H3,(H,14,17). The predicted octanol–water partition coefficient (Wildman–Crippen LogP) is 0.327. The number of amides is 1. The van der Waals surface area contributed by atoms with Crippen molar-refractivity contribution in [2.45, 2.75) is 6.54 Å². The van der Waals surface area contributed by atoms with E-state index in [2.05, 4.69) is 15.4 Å². The van der Waals surface area contributed by atoms with Gasteiger partial charge in [0.1, 0.15) is 5.69 Å². The summed E-state index contributed by atoms with van der Waals surface area (Å²) in [6.07, 6.45) is 5.01. The third-order valence-electron chi connectivity index (χ3n) is 2.23. The van der Waals surface area contributed by atoms with Crippen LogP contribution in [0.4, 0.5) is 5.69 Å². The number of carbonyl (C=O) groups is 1. The van der Waals surface area contributed by atoms with Crippen LogP contribution >= 0.6 is 0 Å². The summed E-state index contributed by atoms with van der Waals surface area (Å²) in [5, 5.41) is 6.76. The molecule has 0 fully saturated rings. The van der Waals surface area contributed by atoms with Crippen molar-refractivity contribution in [3.8, 4) is 0 Å². The van der Waals surface area contributed by atoms with Crippen LogP contribution in [-0.2, 0) is 13.6 Å². The maximum absolute atomic E-state index is 11.7. The maximum Gasteiger partial charge on any atom is 0.270 e. The van der Waals surface area contributed by atoms with E-state index in [1.807, 2.05) is 13.2 Å². The number of carbonyl (C=O) groups excluding carboxylic acids is 1. The van der Waals surface area contributed by atoms with Crippen LogP contribution in [0.15, 0.2) is 30.7 Å². The highest BCUT2D eigenvalue weighted by Gasteiger charge is 2.06. The molecule has 17 heavy (non-hydrogen) atoms. The lowest BCUT2D eigenvalue weighted by molar-refractivity contribution is 0.0946. The maximum atomic E-state index is 11.7. The Balaban J connectivity index is 1.95. The van der Waals surface area contributed by atoms with Crippen molar-refractivity contribution in [1.29, 1.82) is 0 Å². The molecule has 0 saturated heterocycles. The van der Waals surface area contributed by atoms with E-state index in [0.29, 0.717) is 17.9 Å². The lowest BCUT2D eigenvalue weighted by Crippen LogP contribution is -2.23. The summed E-state index contributed by atoms with van der Waals surface area (Å²) in [7, 11) is 1.83. The first kappa shape index (κ1) is 11.1. The van der Waals surface area contributed by atoms with Gasteiger partial charge in [0.25, 0.3) is 5.91 Å². The Bertz CT molecular complexity index is 517. The molecule has 0 aliphatic heterocycles. The van der Waals surface area contributed by atoms with E-state index < -0.39 is 0 Å². The Morgan fingerprint density at radius 2 is 2.29 bits per heavy atom. The minimum Gasteiger partial charge on any atom is -0.397 e. The average molecular weight is 231 g/mol. The van der Waals surface area contributed by atoms with Gasteiger partial charge in [-0.3, -0.25) is 9.48 Å². The van der Waals surface area contributed by atoms with Crippen LogP contribution in [0.1, 0.15) is 16.1 Å². The van der Waals surface area contributed by atoms with Crippen molar-refractivity contribution in [3.05, 3.63) is 42.0 Å². The zero-order valence-electron chi connectivity index (χ0n) is 9.42. The SMILES string of the molecule is Cn1cc(CNC(=O)c2ccc(N)cn2)cn1. The lowest BCUT2D eigenvalue weighted by Gasteiger charge is -2.02. The molecule has 0 aromatic carbocycles. The van der Waals surface area contributed by atoms with Crippen molar-refractivity contribution in [3.63, 3.8) is 0 Å². The molecular formula is C11H13N5O.